The van der Waals surface area contributed by atoms with Gasteiger partial charge in [-0.3, -0.25) is 4.79 Å². The molecule has 0 radical (unpaired) electrons. The van der Waals surface area contributed by atoms with E-state index in [-0.39, 0.29) is 22.8 Å². The Morgan fingerprint density at radius 2 is 1.59 bits per heavy atom. The number of aliphatic hydroxyl groups is 1. The first-order valence-corrected chi connectivity index (χ1v) is 11.6. The van der Waals surface area contributed by atoms with Crippen LogP contribution in [0.1, 0.15) is 22.6 Å². The van der Waals surface area contributed by atoms with Crippen molar-refractivity contribution in [2.24, 2.45) is 11.1 Å². The Kier molecular flexibility index (Phi) is 5.95. The minimum absolute atomic E-state index is 0.215. The summed E-state index contributed by atoms with van der Waals surface area (Å²) in [5.41, 5.74) is -2.61. The molecule has 1 aliphatic carbocycles. The number of oxime groups is 1. The highest BCUT2D eigenvalue weighted by molar-refractivity contribution is 6.12. The average molecular weight is 506 g/mol. The normalized spacial score (nSPS) is 26.7. The van der Waals surface area contributed by atoms with Gasteiger partial charge in [-0.25, -0.2) is 0 Å². The van der Waals surface area contributed by atoms with Gasteiger partial charge in [0, 0.05) is 17.7 Å². The zero-order chi connectivity index (χ0) is 26.4. The van der Waals surface area contributed by atoms with Gasteiger partial charge >= 0.3 is 5.97 Å². The maximum Gasteiger partial charge on any atom is 0.315 e. The number of methoxy groups -OCH3 is 4. The van der Waals surface area contributed by atoms with Crippen molar-refractivity contribution >= 4 is 11.7 Å². The summed E-state index contributed by atoms with van der Waals surface area (Å²) in [6, 6.07) is 19.4. The van der Waals surface area contributed by atoms with Crippen molar-refractivity contribution in [3.05, 3.63) is 83.4 Å². The summed E-state index contributed by atoms with van der Waals surface area (Å²) in [6.07, 6.45) is 0. The molecule has 3 aromatic rings. The van der Waals surface area contributed by atoms with Crippen molar-refractivity contribution in [3.63, 3.8) is 0 Å². The first kappa shape index (κ1) is 24.5. The second-order valence-corrected chi connectivity index (χ2v) is 8.85. The molecule has 0 unspecified atom stereocenters. The van der Waals surface area contributed by atoms with Crippen LogP contribution in [0.2, 0.25) is 0 Å². The molecular weight excluding hydrogens is 478 g/mol. The molecule has 0 saturated heterocycles. The van der Waals surface area contributed by atoms with Crippen molar-refractivity contribution < 1.29 is 38.8 Å². The van der Waals surface area contributed by atoms with Gasteiger partial charge < -0.3 is 34.0 Å². The predicted molar refractivity (Wildman–Crippen MR) is 133 cm³/mol. The quantitative estimate of drug-likeness (QED) is 0.297. The third-order valence-corrected chi connectivity index (χ3v) is 7.34. The summed E-state index contributed by atoms with van der Waals surface area (Å²) >= 11 is 0. The fourth-order valence-corrected chi connectivity index (χ4v) is 5.82. The minimum Gasteiger partial charge on any atom is -0.497 e. The topological polar surface area (TPSA) is 116 Å². The Labute approximate surface area is 213 Å². The van der Waals surface area contributed by atoms with Crippen LogP contribution in [0.3, 0.4) is 0 Å². The lowest BCUT2D eigenvalue weighted by molar-refractivity contribution is -0.145. The van der Waals surface area contributed by atoms with Gasteiger partial charge in [-0.1, -0.05) is 47.6 Å². The van der Waals surface area contributed by atoms with E-state index in [9.17, 15) is 15.1 Å². The molecule has 1 aliphatic heterocycles. The van der Waals surface area contributed by atoms with Gasteiger partial charge in [0.25, 0.3) is 0 Å². The Morgan fingerprint density at radius 1 is 0.919 bits per heavy atom. The molecule has 4 atom stereocenters. The standard InChI is InChI=1S/C28H27NO8/c1-33-18-12-10-17(11-13-18)28-23(16-8-6-5-7-9-16)22(26(30)36-4)25(29-32)27(28,31)24-20(35-3)14-19(34-2)15-21(24)37-28/h5-15,22-23,31-32H,1-4H3/b29-25+/t22-,23-,27+,28+/m1/s1. The molecule has 5 rings (SSSR count). The van der Waals surface area contributed by atoms with Crippen LogP contribution in [0.4, 0.5) is 0 Å². The summed E-state index contributed by atoms with van der Waals surface area (Å²) in [5.74, 6) is -1.21. The number of carbonyl (C=O) groups is 1. The van der Waals surface area contributed by atoms with E-state index in [4.69, 9.17) is 23.7 Å². The molecule has 0 aromatic heterocycles. The molecule has 9 nitrogen and oxygen atoms in total. The summed E-state index contributed by atoms with van der Waals surface area (Å²) in [7, 11) is 5.75. The molecule has 2 aliphatic rings. The smallest absolute Gasteiger partial charge is 0.315 e. The highest BCUT2D eigenvalue weighted by atomic mass is 16.5. The molecule has 0 bridgehead atoms. The van der Waals surface area contributed by atoms with Gasteiger partial charge in [-0.05, 0) is 17.7 Å². The summed E-state index contributed by atoms with van der Waals surface area (Å²) in [5, 5.41) is 26.7. The predicted octanol–water partition coefficient (Wildman–Crippen LogP) is 3.60. The monoisotopic (exact) mass is 505 g/mol. The number of hydrogen-bond donors (Lipinski definition) is 2. The minimum atomic E-state index is -2.14. The molecule has 37 heavy (non-hydrogen) atoms. The summed E-state index contributed by atoms with van der Waals surface area (Å²) < 4.78 is 28.3. The van der Waals surface area contributed by atoms with Crippen LogP contribution < -0.4 is 18.9 Å². The summed E-state index contributed by atoms with van der Waals surface area (Å²) in [4.78, 5) is 13.3. The maximum absolute atomic E-state index is 13.3. The summed E-state index contributed by atoms with van der Waals surface area (Å²) in [6.45, 7) is 0. The lowest BCUT2D eigenvalue weighted by atomic mass is 9.70. The third kappa shape index (κ3) is 3.20. The number of hydrogen-bond acceptors (Lipinski definition) is 9. The molecule has 1 heterocycles. The molecule has 1 saturated carbocycles. The van der Waals surface area contributed by atoms with E-state index in [1.807, 2.05) is 30.3 Å². The lowest BCUT2D eigenvalue weighted by Crippen LogP contribution is -2.50. The van der Waals surface area contributed by atoms with E-state index in [1.54, 1.807) is 43.5 Å². The zero-order valence-electron chi connectivity index (χ0n) is 20.8. The Hall–Kier alpha value is -4.24. The number of benzene rings is 3. The van der Waals surface area contributed by atoms with E-state index in [1.165, 1.54) is 21.3 Å². The van der Waals surface area contributed by atoms with Gasteiger partial charge in [0.1, 0.15) is 34.6 Å². The van der Waals surface area contributed by atoms with E-state index < -0.39 is 29.0 Å². The van der Waals surface area contributed by atoms with Crippen molar-refractivity contribution in [1.29, 1.82) is 0 Å². The molecule has 2 N–H and O–H groups in total. The number of esters is 1. The van der Waals surface area contributed by atoms with Crippen LogP contribution in [0.15, 0.2) is 71.9 Å². The second-order valence-electron chi connectivity index (χ2n) is 8.85. The van der Waals surface area contributed by atoms with Crippen LogP contribution in [0, 0.1) is 5.92 Å². The highest BCUT2D eigenvalue weighted by Crippen LogP contribution is 2.69. The van der Waals surface area contributed by atoms with E-state index in [0.717, 1.165) is 0 Å². The molecular formula is C28H27NO8. The fraction of sp³-hybridized carbons (Fsp3) is 0.286. The molecule has 192 valence electrons. The van der Waals surface area contributed by atoms with E-state index in [2.05, 4.69) is 5.16 Å². The lowest BCUT2D eigenvalue weighted by Gasteiger charge is -2.40. The van der Waals surface area contributed by atoms with Crippen molar-refractivity contribution in [3.8, 4) is 23.0 Å². The Bertz CT molecular complexity index is 1360. The van der Waals surface area contributed by atoms with Crippen LogP contribution >= 0.6 is 0 Å². The Balaban J connectivity index is 1.92. The maximum atomic E-state index is 13.3. The van der Waals surface area contributed by atoms with Crippen LogP contribution in [-0.4, -0.2) is 50.4 Å². The SMILES string of the molecule is COC(=O)[C@H]1/C(=N\O)[C@@]2(O)c3c(OC)cc(OC)cc3O[C@@]2(c2ccc(OC)cc2)[C@@H]1c1ccccc1. The number of carbonyl (C=O) groups excluding carboxylic acids is 1. The van der Waals surface area contributed by atoms with Gasteiger partial charge in [-0.15, -0.1) is 0 Å². The molecule has 1 fully saturated rings. The number of ether oxygens (including phenoxy) is 5. The Morgan fingerprint density at radius 3 is 2.16 bits per heavy atom. The van der Waals surface area contributed by atoms with Crippen molar-refractivity contribution in [2.75, 3.05) is 28.4 Å². The highest BCUT2D eigenvalue weighted by Gasteiger charge is 2.77. The fourth-order valence-electron chi connectivity index (χ4n) is 5.82. The molecule has 3 aromatic carbocycles. The van der Waals surface area contributed by atoms with Gasteiger partial charge in [0.2, 0.25) is 0 Å². The largest absolute Gasteiger partial charge is 0.497 e. The number of rotatable bonds is 6. The van der Waals surface area contributed by atoms with Gasteiger partial charge in [0.15, 0.2) is 11.2 Å². The third-order valence-electron chi connectivity index (χ3n) is 7.34. The first-order chi connectivity index (χ1) is 17.9. The molecule has 9 heteroatoms. The molecule has 0 spiro atoms. The van der Waals surface area contributed by atoms with Gasteiger partial charge in [0.05, 0.1) is 39.9 Å². The second kappa shape index (κ2) is 9.01. The first-order valence-electron chi connectivity index (χ1n) is 11.6. The number of fused-ring (bicyclic) bond motifs is 3. The van der Waals surface area contributed by atoms with Crippen molar-refractivity contribution in [2.45, 2.75) is 17.1 Å². The van der Waals surface area contributed by atoms with E-state index >= 15 is 0 Å². The average Bonchev–Trinajstić information content (AvgIpc) is 3.34. The zero-order valence-corrected chi connectivity index (χ0v) is 20.8. The van der Waals surface area contributed by atoms with Gasteiger partial charge in [-0.2, -0.15) is 0 Å². The van der Waals surface area contributed by atoms with Crippen LogP contribution in [0.25, 0.3) is 0 Å². The molecule has 0 amide bonds. The van der Waals surface area contributed by atoms with E-state index in [0.29, 0.717) is 22.6 Å². The van der Waals surface area contributed by atoms with Crippen LogP contribution in [0.5, 0.6) is 23.0 Å². The van der Waals surface area contributed by atoms with Crippen LogP contribution in [-0.2, 0) is 20.7 Å². The number of nitrogens with zero attached hydrogens (tertiary/aromatic N) is 1. The van der Waals surface area contributed by atoms with Crippen molar-refractivity contribution in [1.82, 2.24) is 0 Å².